The maximum Gasteiger partial charge on any atom is 0.201 e. The molecule has 0 amide bonds. The van der Waals surface area contributed by atoms with Crippen LogP contribution in [0.5, 0.6) is 0 Å². The molecule has 5 heteroatoms. The van der Waals surface area contributed by atoms with Crippen LogP contribution in [0.2, 0.25) is 5.02 Å². The quantitative estimate of drug-likeness (QED) is 0.918. The lowest BCUT2D eigenvalue weighted by Crippen LogP contribution is -2.24. The molecule has 1 fully saturated rings. The lowest BCUT2D eigenvalue weighted by Gasteiger charge is -2.29. The molecule has 2 heterocycles. The second-order valence-electron chi connectivity index (χ2n) is 5.16. The molecule has 19 heavy (non-hydrogen) atoms. The molecule has 1 aliphatic heterocycles. The third kappa shape index (κ3) is 2.30. The van der Waals surface area contributed by atoms with E-state index in [2.05, 4.69) is 16.5 Å². The fraction of sp³-hybridized carbons (Fsp3) is 0.500. The van der Waals surface area contributed by atoms with Crippen molar-refractivity contribution in [3.63, 3.8) is 0 Å². The Kier molecular flexibility index (Phi) is 3.37. The fourth-order valence-electron chi connectivity index (χ4n) is 2.93. The van der Waals surface area contributed by atoms with Crippen LogP contribution in [0.4, 0.5) is 5.95 Å². The molecule has 1 saturated heterocycles. The van der Waals surface area contributed by atoms with Crippen molar-refractivity contribution in [3.05, 3.63) is 23.2 Å². The predicted molar refractivity (Wildman–Crippen MR) is 77.4 cm³/mol. The number of nitrogens with two attached hydrogens (primary N) is 1. The van der Waals surface area contributed by atoms with Crippen LogP contribution in [0.15, 0.2) is 18.2 Å². The normalized spacial score (nSPS) is 18.8. The van der Waals surface area contributed by atoms with Gasteiger partial charge in [-0.2, -0.15) is 0 Å². The van der Waals surface area contributed by atoms with E-state index < -0.39 is 0 Å². The molecule has 0 aliphatic carbocycles. The minimum atomic E-state index is 0.329. The molecule has 0 radical (unpaired) electrons. The summed E-state index contributed by atoms with van der Waals surface area (Å²) in [5.74, 6) is 1.15. The Hall–Kier alpha value is -1.26. The van der Waals surface area contributed by atoms with E-state index in [1.165, 1.54) is 0 Å². The highest BCUT2D eigenvalue weighted by atomic mass is 35.5. The van der Waals surface area contributed by atoms with Crippen molar-refractivity contribution >= 4 is 28.6 Å². The summed E-state index contributed by atoms with van der Waals surface area (Å²) in [6.07, 6.45) is 2.15. The van der Waals surface area contributed by atoms with Gasteiger partial charge in [-0.3, -0.25) is 0 Å². The summed E-state index contributed by atoms with van der Waals surface area (Å²) >= 11 is 6.00. The SMILES string of the molecule is CC(C1CCOCC1)n1c(N)nc2cc(Cl)ccc21. The highest BCUT2D eigenvalue weighted by molar-refractivity contribution is 6.31. The zero-order chi connectivity index (χ0) is 13.4. The first-order chi connectivity index (χ1) is 9.16. The van der Waals surface area contributed by atoms with Gasteiger partial charge in [-0.1, -0.05) is 11.6 Å². The largest absolute Gasteiger partial charge is 0.381 e. The van der Waals surface area contributed by atoms with Gasteiger partial charge in [0, 0.05) is 24.3 Å². The van der Waals surface area contributed by atoms with E-state index >= 15 is 0 Å². The van der Waals surface area contributed by atoms with E-state index in [1.54, 1.807) is 0 Å². The summed E-state index contributed by atoms with van der Waals surface area (Å²) in [5, 5.41) is 0.691. The number of aromatic nitrogens is 2. The maximum atomic E-state index is 6.09. The van der Waals surface area contributed by atoms with Crippen LogP contribution in [-0.2, 0) is 4.74 Å². The van der Waals surface area contributed by atoms with Crippen LogP contribution in [0.3, 0.4) is 0 Å². The highest BCUT2D eigenvalue weighted by Crippen LogP contribution is 2.33. The minimum absolute atomic E-state index is 0.329. The number of nitrogens with zero attached hydrogens (tertiary/aromatic N) is 2. The van der Waals surface area contributed by atoms with E-state index in [0.717, 1.165) is 37.1 Å². The number of anilines is 1. The summed E-state index contributed by atoms with van der Waals surface area (Å²) in [4.78, 5) is 4.41. The van der Waals surface area contributed by atoms with Gasteiger partial charge in [-0.05, 0) is 43.9 Å². The fourth-order valence-corrected chi connectivity index (χ4v) is 3.09. The van der Waals surface area contributed by atoms with Crippen molar-refractivity contribution in [2.45, 2.75) is 25.8 Å². The standard InChI is InChI=1S/C14H18ClN3O/c1-9(10-4-6-19-7-5-10)18-13-3-2-11(15)8-12(13)17-14(18)16/h2-3,8-10H,4-7H2,1H3,(H2,16,17). The summed E-state index contributed by atoms with van der Waals surface area (Å²) in [6, 6.07) is 6.07. The predicted octanol–water partition coefficient (Wildman–Crippen LogP) is 3.26. The molecule has 1 aliphatic rings. The zero-order valence-corrected chi connectivity index (χ0v) is 11.7. The van der Waals surface area contributed by atoms with Crippen LogP contribution in [0.1, 0.15) is 25.8 Å². The van der Waals surface area contributed by atoms with E-state index in [-0.39, 0.29) is 0 Å². The van der Waals surface area contributed by atoms with Crippen LogP contribution in [0.25, 0.3) is 11.0 Å². The smallest absolute Gasteiger partial charge is 0.201 e. The van der Waals surface area contributed by atoms with Crippen molar-refractivity contribution in [1.29, 1.82) is 0 Å². The van der Waals surface area contributed by atoms with Gasteiger partial charge in [0.15, 0.2) is 0 Å². The topological polar surface area (TPSA) is 53.1 Å². The average molecular weight is 280 g/mol. The molecule has 102 valence electrons. The summed E-state index contributed by atoms with van der Waals surface area (Å²) in [6.45, 7) is 3.89. The summed E-state index contributed by atoms with van der Waals surface area (Å²) in [7, 11) is 0. The number of rotatable bonds is 2. The monoisotopic (exact) mass is 279 g/mol. The first-order valence-electron chi connectivity index (χ1n) is 6.67. The number of benzene rings is 1. The summed E-state index contributed by atoms with van der Waals surface area (Å²) < 4.78 is 7.55. The Morgan fingerprint density at radius 1 is 1.42 bits per heavy atom. The van der Waals surface area contributed by atoms with Crippen molar-refractivity contribution in [2.24, 2.45) is 5.92 Å². The first kappa shape index (κ1) is 12.8. The zero-order valence-electron chi connectivity index (χ0n) is 11.0. The Balaban J connectivity index is 2.01. The molecular weight excluding hydrogens is 262 g/mol. The van der Waals surface area contributed by atoms with Gasteiger partial charge < -0.3 is 15.0 Å². The molecule has 1 aromatic heterocycles. The van der Waals surface area contributed by atoms with E-state index in [4.69, 9.17) is 22.1 Å². The van der Waals surface area contributed by atoms with Crippen LogP contribution in [0, 0.1) is 5.92 Å². The molecule has 4 nitrogen and oxygen atoms in total. The summed E-state index contributed by atoms with van der Waals surface area (Å²) in [5.41, 5.74) is 8.01. The molecule has 3 rings (SSSR count). The van der Waals surface area contributed by atoms with Crippen LogP contribution < -0.4 is 5.73 Å². The van der Waals surface area contributed by atoms with E-state index in [0.29, 0.717) is 22.9 Å². The Morgan fingerprint density at radius 3 is 2.89 bits per heavy atom. The van der Waals surface area contributed by atoms with Gasteiger partial charge in [0.2, 0.25) is 5.95 Å². The van der Waals surface area contributed by atoms with Gasteiger partial charge in [0.05, 0.1) is 11.0 Å². The van der Waals surface area contributed by atoms with Gasteiger partial charge in [-0.25, -0.2) is 4.98 Å². The number of imidazole rings is 1. The molecule has 1 aromatic carbocycles. The van der Waals surface area contributed by atoms with Crippen molar-refractivity contribution in [2.75, 3.05) is 18.9 Å². The minimum Gasteiger partial charge on any atom is -0.381 e. The molecule has 0 bridgehead atoms. The van der Waals surface area contributed by atoms with Gasteiger partial charge >= 0.3 is 0 Å². The average Bonchev–Trinajstić information content (AvgIpc) is 2.74. The molecule has 1 unspecified atom stereocenters. The third-order valence-electron chi connectivity index (χ3n) is 4.03. The second-order valence-corrected chi connectivity index (χ2v) is 5.60. The Morgan fingerprint density at radius 2 is 2.16 bits per heavy atom. The van der Waals surface area contributed by atoms with Gasteiger partial charge in [0.1, 0.15) is 0 Å². The molecule has 2 aromatic rings. The van der Waals surface area contributed by atoms with Crippen molar-refractivity contribution in [1.82, 2.24) is 9.55 Å². The Bertz CT molecular complexity index is 590. The van der Waals surface area contributed by atoms with Crippen LogP contribution >= 0.6 is 11.6 Å². The number of ether oxygens (including phenoxy) is 1. The number of nitrogen functional groups attached to an aromatic ring is 1. The van der Waals surface area contributed by atoms with Crippen LogP contribution in [-0.4, -0.2) is 22.8 Å². The molecular formula is C14H18ClN3O. The molecule has 0 saturated carbocycles. The van der Waals surface area contributed by atoms with Crippen molar-refractivity contribution in [3.8, 4) is 0 Å². The Labute approximate surface area is 117 Å². The lowest BCUT2D eigenvalue weighted by atomic mass is 9.92. The molecule has 2 N–H and O–H groups in total. The number of hydrogen-bond acceptors (Lipinski definition) is 3. The molecule has 0 spiro atoms. The maximum absolute atomic E-state index is 6.09. The van der Waals surface area contributed by atoms with E-state index in [9.17, 15) is 0 Å². The first-order valence-corrected chi connectivity index (χ1v) is 7.05. The highest BCUT2D eigenvalue weighted by Gasteiger charge is 2.24. The number of halogens is 1. The lowest BCUT2D eigenvalue weighted by molar-refractivity contribution is 0.0521. The van der Waals surface area contributed by atoms with E-state index in [1.807, 2.05) is 18.2 Å². The van der Waals surface area contributed by atoms with Gasteiger partial charge in [-0.15, -0.1) is 0 Å². The molecule has 1 atom stereocenters. The van der Waals surface area contributed by atoms with Gasteiger partial charge in [0.25, 0.3) is 0 Å². The van der Waals surface area contributed by atoms with Crippen molar-refractivity contribution < 1.29 is 4.74 Å². The second kappa shape index (κ2) is 5.02. The third-order valence-corrected chi connectivity index (χ3v) is 4.27. The number of fused-ring (bicyclic) bond motifs is 1. The number of hydrogen-bond donors (Lipinski definition) is 1.